The highest BCUT2D eigenvalue weighted by molar-refractivity contribution is 6.57. The Balaban J connectivity index is 2.66. The molecule has 0 saturated heterocycles. The monoisotopic (exact) mass is 155 g/mol. The second-order valence-corrected chi connectivity index (χ2v) is 1.75. The van der Waals surface area contributed by atoms with Crippen LogP contribution in [0.25, 0.3) is 0 Å². The highest BCUT2D eigenvalue weighted by Crippen LogP contribution is 2.07. The van der Waals surface area contributed by atoms with Crippen LogP contribution in [0.1, 0.15) is 0 Å². The molecule has 0 aliphatic rings. The molecule has 7 heteroatoms. The number of furan rings is 1. The average molecular weight is 155 g/mol. The third-order valence-corrected chi connectivity index (χ3v) is 1.03. The van der Waals surface area contributed by atoms with Crippen molar-refractivity contribution in [1.29, 1.82) is 0 Å². The van der Waals surface area contributed by atoms with E-state index in [1.165, 1.54) is 12.1 Å². The Labute approximate surface area is 63.7 Å². The van der Waals surface area contributed by atoms with Gasteiger partial charge < -0.3 is 24.1 Å². The number of rotatable bonds is 3. The Morgan fingerprint density at radius 1 is 1.45 bits per heavy atom. The van der Waals surface area contributed by atoms with Crippen molar-refractivity contribution >= 4 is 20.5 Å². The van der Waals surface area contributed by atoms with E-state index in [1.807, 2.05) is 0 Å². The molecule has 0 bridgehead atoms. The molecule has 0 atom stereocenters. The van der Waals surface area contributed by atoms with Crippen LogP contribution in [0.2, 0.25) is 0 Å². The Hall–Kier alpha value is -0.910. The van der Waals surface area contributed by atoms with Gasteiger partial charge in [-0.25, -0.2) is 0 Å². The van der Waals surface area contributed by atoms with E-state index in [-0.39, 0.29) is 11.6 Å². The van der Waals surface area contributed by atoms with Gasteiger partial charge in [-0.2, -0.15) is 0 Å². The van der Waals surface area contributed by atoms with Crippen molar-refractivity contribution in [2.45, 2.75) is 0 Å². The van der Waals surface area contributed by atoms with E-state index in [0.29, 0.717) is 7.69 Å². The topological polar surface area (TPSA) is 83.1 Å². The lowest BCUT2D eigenvalue weighted by Gasteiger charge is -1.94. The minimum absolute atomic E-state index is 0.00407. The molecule has 0 unspecified atom stereocenters. The Morgan fingerprint density at radius 2 is 2.18 bits per heavy atom. The van der Waals surface area contributed by atoms with Crippen molar-refractivity contribution in [2.75, 3.05) is 0 Å². The van der Waals surface area contributed by atoms with E-state index in [0.717, 1.165) is 0 Å². The summed E-state index contributed by atoms with van der Waals surface area (Å²) in [5.74, 6) is -0.00407. The molecular formula is C4H5B2O5. The van der Waals surface area contributed by atoms with Gasteiger partial charge in [-0.3, -0.25) is 0 Å². The Morgan fingerprint density at radius 3 is 2.64 bits per heavy atom. The van der Waals surface area contributed by atoms with E-state index in [1.54, 1.807) is 0 Å². The van der Waals surface area contributed by atoms with Crippen LogP contribution >= 0.6 is 0 Å². The number of hydrogen-bond acceptors (Lipinski definition) is 5. The van der Waals surface area contributed by atoms with Crippen LogP contribution in [0.15, 0.2) is 16.5 Å². The summed E-state index contributed by atoms with van der Waals surface area (Å²) >= 11 is 0. The molecule has 1 radical (unpaired) electrons. The second-order valence-electron chi connectivity index (χ2n) is 1.75. The molecule has 1 aromatic rings. The van der Waals surface area contributed by atoms with E-state index in [2.05, 4.69) is 9.07 Å². The molecule has 0 amide bonds. The quantitative estimate of drug-likeness (QED) is 0.433. The molecule has 57 valence electrons. The van der Waals surface area contributed by atoms with Gasteiger partial charge in [0.1, 0.15) is 5.66 Å². The Bertz CT molecular complexity index is 222. The van der Waals surface area contributed by atoms with Crippen molar-refractivity contribution in [1.82, 2.24) is 0 Å². The third-order valence-electron chi connectivity index (χ3n) is 1.03. The normalized spacial score (nSPS) is 9.36. The summed E-state index contributed by atoms with van der Waals surface area (Å²) in [6.45, 7) is 0. The van der Waals surface area contributed by atoms with E-state index in [4.69, 9.17) is 15.1 Å². The van der Waals surface area contributed by atoms with E-state index in [9.17, 15) is 0 Å². The van der Waals surface area contributed by atoms with Gasteiger partial charge in [-0.05, 0) is 6.07 Å². The van der Waals surface area contributed by atoms with Gasteiger partial charge >= 0.3 is 14.8 Å². The molecule has 0 spiro atoms. The van der Waals surface area contributed by atoms with Crippen LogP contribution in [0.5, 0.6) is 5.95 Å². The zero-order valence-electron chi connectivity index (χ0n) is 5.47. The molecule has 0 aromatic carbocycles. The van der Waals surface area contributed by atoms with Gasteiger partial charge in [0.05, 0.1) is 0 Å². The standard InChI is InChI=1S/C4H5B2O5/c7-5-11-4-2-1-3(10-4)6(8)9/h1-2,7-9H. The minimum Gasteiger partial charge on any atom is -0.510 e. The molecular weight excluding hydrogens is 150 g/mol. The number of hydrogen-bond donors (Lipinski definition) is 3. The Kier molecular flexibility index (Phi) is 2.58. The minimum atomic E-state index is -1.66. The molecule has 0 fully saturated rings. The summed E-state index contributed by atoms with van der Waals surface area (Å²) < 4.78 is 9.05. The zero-order chi connectivity index (χ0) is 8.27. The summed E-state index contributed by atoms with van der Waals surface area (Å²) in [6, 6.07) is 2.67. The predicted octanol–water partition coefficient (Wildman–Crippen LogP) is -2.14. The summed E-state index contributed by atoms with van der Waals surface area (Å²) in [5, 5.41) is 25.2. The summed E-state index contributed by atoms with van der Waals surface area (Å²) in [5.41, 5.74) is -0.0400. The summed E-state index contributed by atoms with van der Waals surface area (Å²) in [4.78, 5) is 0. The SMILES string of the molecule is O[B]Oc1ccc(B(O)O)o1. The second kappa shape index (κ2) is 3.47. The highest BCUT2D eigenvalue weighted by Gasteiger charge is 2.16. The highest BCUT2D eigenvalue weighted by atomic mass is 16.6. The molecule has 1 heterocycles. The predicted molar refractivity (Wildman–Crippen MR) is 37.1 cm³/mol. The summed E-state index contributed by atoms with van der Waals surface area (Å²) in [6.07, 6.45) is 0. The first-order chi connectivity index (χ1) is 5.24. The largest absolute Gasteiger partial charge is 0.571 e. The lowest BCUT2D eigenvalue weighted by molar-refractivity contribution is 0.353. The van der Waals surface area contributed by atoms with Crippen molar-refractivity contribution in [3.8, 4) is 5.95 Å². The maximum atomic E-state index is 8.54. The molecule has 5 nitrogen and oxygen atoms in total. The molecule has 1 aromatic heterocycles. The van der Waals surface area contributed by atoms with Crippen LogP contribution < -0.4 is 10.3 Å². The van der Waals surface area contributed by atoms with Crippen LogP contribution in [0.4, 0.5) is 0 Å². The fourth-order valence-corrected chi connectivity index (χ4v) is 0.588. The summed E-state index contributed by atoms with van der Waals surface area (Å²) in [7, 11) is -1.22. The van der Waals surface area contributed by atoms with Crippen LogP contribution in [0, 0.1) is 0 Å². The first-order valence-electron chi connectivity index (χ1n) is 2.82. The third kappa shape index (κ3) is 2.01. The van der Waals surface area contributed by atoms with Crippen LogP contribution in [-0.2, 0) is 0 Å². The lowest BCUT2D eigenvalue weighted by Crippen LogP contribution is -2.27. The first kappa shape index (κ1) is 8.19. The molecule has 1 rings (SSSR count). The first-order valence-corrected chi connectivity index (χ1v) is 2.82. The molecule has 0 aliphatic heterocycles. The van der Waals surface area contributed by atoms with E-state index < -0.39 is 7.12 Å². The van der Waals surface area contributed by atoms with Gasteiger partial charge in [-0.1, -0.05) is 0 Å². The van der Waals surface area contributed by atoms with Crippen molar-refractivity contribution in [2.24, 2.45) is 0 Å². The maximum Gasteiger partial charge on any atom is 0.571 e. The van der Waals surface area contributed by atoms with E-state index >= 15 is 0 Å². The molecule has 0 aliphatic carbocycles. The molecule has 0 saturated carbocycles. The van der Waals surface area contributed by atoms with Crippen molar-refractivity contribution < 1.29 is 24.1 Å². The fraction of sp³-hybridized carbons (Fsp3) is 0. The fourth-order valence-electron chi connectivity index (χ4n) is 0.588. The molecule has 3 N–H and O–H groups in total. The van der Waals surface area contributed by atoms with Gasteiger partial charge in [0.2, 0.25) is 0 Å². The van der Waals surface area contributed by atoms with Crippen LogP contribution in [0.3, 0.4) is 0 Å². The molecule has 11 heavy (non-hydrogen) atoms. The lowest BCUT2D eigenvalue weighted by atomic mass is 9.88. The smallest absolute Gasteiger partial charge is 0.510 e. The average Bonchev–Trinajstić information content (AvgIpc) is 2.37. The van der Waals surface area contributed by atoms with Gasteiger partial charge in [-0.15, -0.1) is 0 Å². The van der Waals surface area contributed by atoms with Gasteiger partial charge in [0, 0.05) is 6.07 Å². The maximum absolute atomic E-state index is 8.54. The van der Waals surface area contributed by atoms with Crippen LogP contribution in [-0.4, -0.2) is 29.9 Å². The van der Waals surface area contributed by atoms with Crippen molar-refractivity contribution in [3.05, 3.63) is 12.1 Å². The van der Waals surface area contributed by atoms with Gasteiger partial charge in [0.15, 0.2) is 0 Å². The zero-order valence-corrected chi connectivity index (χ0v) is 5.47. The van der Waals surface area contributed by atoms with Crippen molar-refractivity contribution in [3.63, 3.8) is 0 Å². The van der Waals surface area contributed by atoms with Gasteiger partial charge in [0.25, 0.3) is 5.95 Å².